The van der Waals surface area contributed by atoms with Crippen molar-refractivity contribution < 1.29 is 4.42 Å². The lowest BCUT2D eigenvalue weighted by Gasteiger charge is -2.24. The molecular formula is C12H22N4O. The van der Waals surface area contributed by atoms with Gasteiger partial charge in [-0.05, 0) is 33.1 Å². The largest absolute Gasteiger partial charge is 0.407 e. The second-order valence-corrected chi connectivity index (χ2v) is 4.68. The normalized spacial score (nSPS) is 17.1. The van der Waals surface area contributed by atoms with Crippen molar-refractivity contribution >= 4 is 6.01 Å². The Morgan fingerprint density at radius 1 is 1.41 bits per heavy atom. The molecule has 1 aliphatic rings. The number of nitrogens with one attached hydrogen (secondary N) is 1. The SMILES string of the molecule is CCC(C)N(CC)c1nnc(CNC2CC2)o1. The Hall–Kier alpha value is -1.10. The second-order valence-electron chi connectivity index (χ2n) is 4.68. The standard InChI is InChI=1S/C12H22N4O/c1-4-9(3)16(5-2)12-15-14-11(17-12)8-13-10-6-7-10/h9-10,13H,4-8H2,1-3H3. The van der Waals surface area contributed by atoms with Crippen molar-refractivity contribution in [3.05, 3.63) is 5.89 Å². The lowest BCUT2D eigenvalue weighted by molar-refractivity contribution is 0.447. The van der Waals surface area contributed by atoms with Crippen LogP contribution in [0.3, 0.4) is 0 Å². The van der Waals surface area contributed by atoms with Crippen molar-refractivity contribution in [1.29, 1.82) is 0 Å². The summed E-state index contributed by atoms with van der Waals surface area (Å²) >= 11 is 0. The summed E-state index contributed by atoms with van der Waals surface area (Å²) in [5.74, 6) is 0.689. The van der Waals surface area contributed by atoms with Crippen LogP contribution in [0.25, 0.3) is 0 Å². The molecule has 0 spiro atoms. The minimum absolute atomic E-state index is 0.435. The summed E-state index contributed by atoms with van der Waals surface area (Å²) in [6, 6.07) is 1.75. The van der Waals surface area contributed by atoms with E-state index >= 15 is 0 Å². The Labute approximate surface area is 103 Å². The molecular weight excluding hydrogens is 216 g/mol. The molecule has 0 aromatic carbocycles. The fraction of sp³-hybridized carbons (Fsp3) is 0.833. The summed E-state index contributed by atoms with van der Waals surface area (Å²) in [5.41, 5.74) is 0. The summed E-state index contributed by atoms with van der Waals surface area (Å²) < 4.78 is 5.68. The highest BCUT2D eigenvalue weighted by atomic mass is 16.4. The summed E-state index contributed by atoms with van der Waals surface area (Å²) in [6.45, 7) is 8.04. The molecule has 2 rings (SSSR count). The first-order chi connectivity index (χ1) is 8.24. The van der Waals surface area contributed by atoms with Gasteiger partial charge in [-0.15, -0.1) is 5.10 Å². The van der Waals surface area contributed by atoms with E-state index in [9.17, 15) is 0 Å². The zero-order chi connectivity index (χ0) is 12.3. The first-order valence-corrected chi connectivity index (χ1v) is 6.57. The van der Waals surface area contributed by atoms with E-state index in [0.29, 0.717) is 30.5 Å². The quantitative estimate of drug-likeness (QED) is 0.787. The molecule has 5 heteroatoms. The maximum Gasteiger partial charge on any atom is 0.318 e. The molecule has 1 N–H and O–H groups in total. The van der Waals surface area contributed by atoms with Crippen molar-refractivity contribution in [2.24, 2.45) is 0 Å². The number of nitrogens with zero attached hydrogens (tertiary/aromatic N) is 3. The van der Waals surface area contributed by atoms with Gasteiger partial charge < -0.3 is 14.6 Å². The Morgan fingerprint density at radius 3 is 2.76 bits per heavy atom. The van der Waals surface area contributed by atoms with Crippen LogP contribution >= 0.6 is 0 Å². The van der Waals surface area contributed by atoms with Crippen LogP contribution in [-0.4, -0.2) is 28.8 Å². The van der Waals surface area contributed by atoms with Gasteiger partial charge in [0.25, 0.3) is 0 Å². The lowest BCUT2D eigenvalue weighted by atomic mass is 10.2. The van der Waals surface area contributed by atoms with Gasteiger partial charge in [-0.25, -0.2) is 0 Å². The topological polar surface area (TPSA) is 54.2 Å². The monoisotopic (exact) mass is 238 g/mol. The number of hydrogen-bond donors (Lipinski definition) is 1. The predicted octanol–water partition coefficient (Wildman–Crippen LogP) is 1.95. The molecule has 1 saturated carbocycles. The summed E-state index contributed by atoms with van der Waals surface area (Å²) in [6.07, 6.45) is 3.62. The van der Waals surface area contributed by atoms with Gasteiger partial charge in [0.15, 0.2) is 0 Å². The fourth-order valence-corrected chi connectivity index (χ4v) is 1.81. The molecule has 5 nitrogen and oxygen atoms in total. The third-order valence-electron chi connectivity index (χ3n) is 3.28. The van der Waals surface area contributed by atoms with Gasteiger partial charge in [-0.2, -0.15) is 0 Å². The van der Waals surface area contributed by atoms with Crippen molar-refractivity contribution in [1.82, 2.24) is 15.5 Å². The Bertz CT molecular complexity index is 348. The molecule has 1 atom stereocenters. The van der Waals surface area contributed by atoms with E-state index < -0.39 is 0 Å². The molecule has 17 heavy (non-hydrogen) atoms. The molecule has 0 aliphatic heterocycles. The van der Waals surface area contributed by atoms with Crippen LogP contribution in [-0.2, 0) is 6.54 Å². The first-order valence-electron chi connectivity index (χ1n) is 6.57. The van der Waals surface area contributed by atoms with Crippen LogP contribution in [0, 0.1) is 0 Å². The highest BCUT2D eigenvalue weighted by Crippen LogP contribution is 2.20. The Morgan fingerprint density at radius 2 is 2.18 bits per heavy atom. The van der Waals surface area contributed by atoms with Crippen LogP contribution in [0.5, 0.6) is 0 Å². The van der Waals surface area contributed by atoms with Crippen molar-refractivity contribution in [3.63, 3.8) is 0 Å². The maximum atomic E-state index is 5.68. The molecule has 1 aromatic heterocycles. The minimum Gasteiger partial charge on any atom is -0.407 e. The smallest absolute Gasteiger partial charge is 0.318 e. The molecule has 0 saturated heterocycles. The molecule has 1 fully saturated rings. The van der Waals surface area contributed by atoms with E-state index in [2.05, 4.69) is 41.2 Å². The van der Waals surface area contributed by atoms with Crippen molar-refractivity contribution in [3.8, 4) is 0 Å². The van der Waals surface area contributed by atoms with E-state index in [4.69, 9.17) is 4.42 Å². The van der Waals surface area contributed by atoms with E-state index in [1.165, 1.54) is 12.8 Å². The van der Waals surface area contributed by atoms with Crippen LogP contribution in [0.4, 0.5) is 6.01 Å². The molecule has 0 bridgehead atoms. The summed E-state index contributed by atoms with van der Waals surface area (Å²) in [7, 11) is 0. The zero-order valence-corrected chi connectivity index (χ0v) is 10.9. The van der Waals surface area contributed by atoms with Crippen LogP contribution < -0.4 is 10.2 Å². The van der Waals surface area contributed by atoms with Gasteiger partial charge in [0.2, 0.25) is 5.89 Å². The first kappa shape index (κ1) is 12.4. The average Bonchev–Trinajstić information content (AvgIpc) is 3.07. The van der Waals surface area contributed by atoms with E-state index in [1.807, 2.05) is 0 Å². The zero-order valence-electron chi connectivity index (χ0n) is 10.9. The van der Waals surface area contributed by atoms with Gasteiger partial charge in [-0.3, -0.25) is 0 Å². The lowest BCUT2D eigenvalue weighted by Crippen LogP contribution is -2.32. The fourth-order valence-electron chi connectivity index (χ4n) is 1.81. The summed E-state index contributed by atoms with van der Waals surface area (Å²) in [4.78, 5) is 2.15. The van der Waals surface area contributed by atoms with Gasteiger partial charge in [0.05, 0.1) is 6.54 Å². The number of aromatic nitrogens is 2. The molecule has 1 aliphatic carbocycles. The molecule has 1 aromatic rings. The average molecular weight is 238 g/mol. The number of hydrogen-bond acceptors (Lipinski definition) is 5. The van der Waals surface area contributed by atoms with E-state index in [0.717, 1.165) is 13.0 Å². The van der Waals surface area contributed by atoms with Crippen molar-refractivity contribution in [2.45, 2.75) is 58.7 Å². The van der Waals surface area contributed by atoms with Crippen LogP contribution in [0.2, 0.25) is 0 Å². The van der Waals surface area contributed by atoms with E-state index in [1.54, 1.807) is 0 Å². The Balaban J connectivity index is 1.94. The molecule has 1 heterocycles. The highest BCUT2D eigenvalue weighted by molar-refractivity contribution is 5.25. The van der Waals surface area contributed by atoms with Gasteiger partial charge >= 0.3 is 6.01 Å². The molecule has 0 radical (unpaired) electrons. The minimum atomic E-state index is 0.435. The third kappa shape index (κ3) is 3.19. The van der Waals surface area contributed by atoms with Crippen LogP contribution in [0.15, 0.2) is 4.42 Å². The maximum absolute atomic E-state index is 5.68. The molecule has 96 valence electrons. The molecule has 1 unspecified atom stereocenters. The highest BCUT2D eigenvalue weighted by Gasteiger charge is 2.22. The second kappa shape index (κ2) is 5.49. The van der Waals surface area contributed by atoms with E-state index in [-0.39, 0.29) is 0 Å². The van der Waals surface area contributed by atoms with Gasteiger partial charge in [-0.1, -0.05) is 12.0 Å². The molecule has 0 amide bonds. The Kier molecular flexibility index (Phi) is 3.99. The van der Waals surface area contributed by atoms with Gasteiger partial charge in [0, 0.05) is 18.6 Å². The predicted molar refractivity (Wildman–Crippen MR) is 66.9 cm³/mol. The van der Waals surface area contributed by atoms with Crippen LogP contribution in [0.1, 0.15) is 45.9 Å². The number of rotatable bonds is 7. The third-order valence-corrected chi connectivity index (χ3v) is 3.28. The summed E-state index contributed by atoms with van der Waals surface area (Å²) in [5, 5.41) is 11.6. The van der Waals surface area contributed by atoms with Crippen molar-refractivity contribution in [2.75, 3.05) is 11.4 Å². The van der Waals surface area contributed by atoms with Gasteiger partial charge in [0.1, 0.15) is 0 Å². The number of anilines is 1.